The Labute approximate surface area is 193 Å². The number of nitrogens with one attached hydrogen (secondary N) is 1. The molecule has 0 aromatic rings. The molecule has 0 saturated carbocycles. The third-order valence-electron chi connectivity index (χ3n) is 6.99. The Bertz CT molecular complexity index is 638. The fraction of sp³-hybridized carbons (Fsp3) is 0.889. The zero-order chi connectivity index (χ0) is 24.4. The van der Waals surface area contributed by atoms with Crippen LogP contribution in [0.25, 0.3) is 0 Å². The van der Waals surface area contributed by atoms with E-state index >= 15 is 0 Å². The molecule has 1 saturated heterocycles. The highest BCUT2D eigenvalue weighted by Crippen LogP contribution is 2.55. The Balaban J connectivity index is 3.55. The lowest BCUT2D eigenvalue weighted by Gasteiger charge is -2.56. The smallest absolute Gasteiger partial charge is 0.414 e. The van der Waals surface area contributed by atoms with Gasteiger partial charge in [0.1, 0.15) is 5.60 Å². The first kappa shape index (κ1) is 28.0. The minimum atomic E-state index is -0.510. The molecule has 182 valence electrons. The lowest BCUT2D eigenvalue weighted by atomic mass is 9.52. The molecular weight excluding hydrogens is 384 g/mol. The normalized spacial score (nSPS) is 26.0. The van der Waals surface area contributed by atoms with Crippen LogP contribution in [0.3, 0.4) is 0 Å². The minimum Gasteiger partial charge on any atom is -0.443 e. The van der Waals surface area contributed by atoms with Gasteiger partial charge >= 0.3 is 6.09 Å². The number of hydrogen-bond donors (Lipinski definition) is 1. The fourth-order valence-electron chi connectivity index (χ4n) is 6.02. The van der Waals surface area contributed by atoms with E-state index in [0.717, 1.165) is 25.1 Å². The maximum Gasteiger partial charge on any atom is 0.414 e. The number of rotatable bonds is 5. The average Bonchev–Trinajstić information content (AvgIpc) is 2.57. The lowest BCUT2D eigenvalue weighted by molar-refractivity contribution is -0.0633. The first-order valence-electron chi connectivity index (χ1n) is 12.3. The van der Waals surface area contributed by atoms with Crippen LogP contribution in [0.2, 0.25) is 0 Å². The van der Waals surface area contributed by atoms with E-state index in [2.05, 4.69) is 73.7 Å². The predicted molar refractivity (Wildman–Crippen MR) is 133 cm³/mol. The zero-order valence-electron chi connectivity index (χ0n) is 22.9. The highest BCUT2D eigenvalue weighted by atomic mass is 16.6. The average molecular weight is 437 g/mol. The van der Waals surface area contributed by atoms with E-state index in [9.17, 15) is 4.79 Å². The van der Waals surface area contributed by atoms with Crippen LogP contribution in [0.4, 0.5) is 4.79 Å². The maximum atomic E-state index is 13.3. The van der Waals surface area contributed by atoms with E-state index < -0.39 is 5.60 Å². The monoisotopic (exact) mass is 436 g/mol. The molecule has 1 aliphatic rings. The van der Waals surface area contributed by atoms with Crippen molar-refractivity contribution in [2.45, 2.75) is 114 Å². The zero-order valence-corrected chi connectivity index (χ0v) is 22.9. The molecule has 0 aromatic carbocycles. The topological polar surface area (TPSA) is 41.6 Å². The van der Waals surface area contributed by atoms with Crippen molar-refractivity contribution in [2.75, 3.05) is 13.1 Å². The molecule has 1 aliphatic heterocycles. The van der Waals surface area contributed by atoms with E-state index in [1.165, 1.54) is 0 Å². The Kier molecular flexibility index (Phi) is 8.90. The third-order valence-corrected chi connectivity index (χ3v) is 6.99. The van der Waals surface area contributed by atoms with Crippen LogP contribution in [0.15, 0.2) is 11.8 Å². The van der Waals surface area contributed by atoms with Gasteiger partial charge in [0.25, 0.3) is 0 Å². The van der Waals surface area contributed by atoms with Crippen LogP contribution in [-0.2, 0) is 4.74 Å². The summed E-state index contributed by atoms with van der Waals surface area (Å²) < 4.78 is 5.85. The van der Waals surface area contributed by atoms with Gasteiger partial charge in [0.15, 0.2) is 0 Å². The van der Waals surface area contributed by atoms with E-state index in [1.54, 1.807) is 0 Å². The Morgan fingerprint density at radius 2 is 1.71 bits per heavy atom. The van der Waals surface area contributed by atoms with Gasteiger partial charge in [0.05, 0.1) is 0 Å². The number of carbonyl (C=O) groups is 1. The fourth-order valence-corrected chi connectivity index (χ4v) is 6.02. The summed E-state index contributed by atoms with van der Waals surface area (Å²) in [5.41, 5.74) is 0.644. The largest absolute Gasteiger partial charge is 0.443 e. The molecule has 1 heterocycles. The van der Waals surface area contributed by atoms with E-state index in [4.69, 9.17) is 4.74 Å². The summed E-state index contributed by atoms with van der Waals surface area (Å²) in [6, 6.07) is 0.455. The van der Waals surface area contributed by atoms with Gasteiger partial charge in [-0.15, -0.1) is 0 Å². The van der Waals surface area contributed by atoms with Crippen molar-refractivity contribution in [3.05, 3.63) is 11.8 Å². The van der Waals surface area contributed by atoms with Crippen molar-refractivity contribution in [2.24, 2.45) is 28.1 Å². The van der Waals surface area contributed by atoms with Crippen LogP contribution in [0.1, 0.15) is 103 Å². The van der Waals surface area contributed by atoms with E-state index in [0.29, 0.717) is 24.4 Å². The van der Waals surface area contributed by atoms with Crippen molar-refractivity contribution < 1.29 is 9.53 Å². The SMILES string of the molecule is C/C=C1\CC(C)(C)C(CC)C(C(C)(C)CNC(C)C)C(C)(C)CN1C(=O)OC(C)(C)C. The first-order chi connectivity index (χ1) is 13.9. The molecule has 31 heavy (non-hydrogen) atoms. The van der Waals surface area contributed by atoms with Crippen LogP contribution >= 0.6 is 0 Å². The summed E-state index contributed by atoms with van der Waals surface area (Å²) in [6.45, 7) is 30.6. The molecule has 0 spiro atoms. The lowest BCUT2D eigenvalue weighted by Crippen LogP contribution is -2.56. The van der Waals surface area contributed by atoms with Gasteiger partial charge in [-0.3, -0.25) is 4.90 Å². The van der Waals surface area contributed by atoms with Crippen LogP contribution in [-0.4, -0.2) is 35.7 Å². The number of amides is 1. The summed E-state index contributed by atoms with van der Waals surface area (Å²) in [5, 5.41) is 3.70. The summed E-state index contributed by atoms with van der Waals surface area (Å²) in [5.74, 6) is 0.983. The highest BCUT2D eigenvalue weighted by Gasteiger charge is 2.52. The van der Waals surface area contributed by atoms with Gasteiger partial charge in [-0.2, -0.15) is 0 Å². The van der Waals surface area contributed by atoms with E-state index in [1.807, 2.05) is 32.6 Å². The van der Waals surface area contributed by atoms with Gasteiger partial charge in [0.2, 0.25) is 0 Å². The molecule has 0 aliphatic carbocycles. The molecule has 0 aromatic heterocycles. The molecule has 2 unspecified atom stereocenters. The summed E-state index contributed by atoms with van der Waals surface area (Å²) in [7, 11) is 0. The van der Waals surface area contributed by atoms with Gasteiger partial charge in [-0.25, -0.2) is 4.79 Å². The van der Waals surface area contributed by atoms with Gasteiger partial charge < -0.3 is 10.1 Å². The maximum absolute atomic E-state index is 13.3. The second-order valence-corrected chi connectivity index (χ2v) is 13.0. The minimum absolute atomic E-state index is 0.0638. The quantitative estimate of drug-likeness (QED) is 0.493. The first-order valence-corrected chi connectivity index (χ1v) is 12.3. The van der Waals surface area contributed by atoms with Crippen LogP contribution in [0, 0.1) is 28.1 Å². The predicted octanol–water partition coefficient (Wildman–Crippen LogP) is 7.25. The molecule has 0 bridgehead atoms. The molecule has 1 rings (SSSR count). The summed E-state index contributed by atoms with van der Waals surface area (Å²) in [4.78, 5) is 15.2. The number of ether oxygens (including phenoxy) is 1. The van der Waals surface area contributed by atoms with Gasteiger partial charge in [0, 0.05) is 24.8 Å². The van der Waals surface area contributed by atoms with E-state index in [-0.39, 0.29) is 22.3 Å². The molecule has 1 amide bonds. The summed E-state index contributed by atoms with van der Waals surface area (Å²) >= 11 is 0. The number of nitrogens with zero attached hydrogens (tertiary/aromatic N) is 1. The number of allylic oxidation sites excluding steroid dienone is 2. The molecule has 4 nitrogen and oxygen atoms in total. The second-order valence-electron chi connectivity index (χ2n) is 13.0. The van der Waals surface area contributed by atoms with Crippen molar-refractivity contribution in [3.8, 4) is 0 Å². The highest BCUT2D eigenvalue weighted by molar-refractivity contribution is 5.70. The van der Waals surface area contributed by atoms with Crippen molar-refractivity contribution in [1.82, 2.24) is 10.2 Å². The van der Waals surface area contributed by atoms with Crippen LogP contribution in [0.5, 0.6) is 0 Å². The van der Waals surface area contributed by atoms with Crippen molar-refractivity contribution >= 4 is 6.09 Å². The standard InChI is InChI=1S/C27H52N2O2/c1-14-20-16-25(8,9)21(15-2)22(26(10,11)17-28-19(3)4)27(12,13)18-29(20)23(30)31-24(5,6)7/h14,19,21-22,28H,15-18H2,1-13H3/b20-14+. The van der Waals surface area contributed by atoms with Crippen molar-refractivity contribution in [3.63, 3.8) is 0 Å². The van der Waals surface area contributed by atoms with Gasteiger partial charge in [-0.1, -0.05) is 74.8 Å². The Morgan fingerprint density at radius 3 is 2.13 bits per heavy atom. The third kappa shape index (κ3) is 7.23. The van der Waals surface area contributed by atoms with Crippen molar-refractivity contribution in [1.29, 1.82) is 0 Å². The van der Waals surface area contributed by atoms with Crippen LogP contribution < -0.4 is 5.32 Å². The summed E-state index contributed by atoms with van der Waals surface area (Å²) in [6.07, 6.45) is 3.90. The number of hydrogen-bond acceptors (Lipinski definition) is 3. The molecule has 2 atom stereocenters. The Hall–Kier alpha value is -1.03. The molecule has 1 N–H and O–H groups in total. The Morgan fingerprint density at radius 1 is 1.16 bits per heavy atom. The number of likely N-dealkylation sites (tertiary alicyclic amines) is 1. The molecular formula is C27H52N2O2. The molecule has 4 heteroatoms. The molecule has 0 radical (unpaired) electrons. The molecule has 1 fully saturated rings. The second kappa shape index (κ2) is 9.85. The van der Waals surface area contributed by atoms with Gasteiger partial charge in [-0.05, 0) is 62.2 Å². The number of carbonyl (C=O) groups excluding carboxylic acids is 1.